The van der Waals surface area contributed by atoms with Gasteiger partial charge < -0.3 is 15.8 Å². The number of aryl methyl sites for hydroxylation is 1. The predicted octanol–water partition coefficient (Wildman–Crippen LogP) is 1.46. The lowest BCUT2D eigenvalue weighted by Gasteiger charge is -2.04. The number of aromatic amines is 1. The van der Waals surface area contributed by atoms with Crippen molar-refractivity contribution in [2.24, 2.45) is 0 Å². The molecule has 0 fully saturated rings. The van der Waals surface area contributed by atoms with Crippen molar-refractivity contribution in [1.82, 2.24) is 9.97 Å². The Balaban J connectivity index is 2.58. The minimum atomic E-state index is 0.00236. The number of H-pyrrole nitrogens is 1. The van der Waals surface area contributed by atoms with Crippen LogP contribution in [0.15, 0.2) is 24.3 Å². The molecule has 1 aromatic heterocycles. The van der Waals surface area contributed by atoms with E-state index in [1.807, 2.05) is 31.2 Å². The fourth-order valence-electron chi connectivity index (χ4n) is 1.63. The first kappa shape index (κ1) is 9.73. The smallest absolute Gasteiger partial charge is 0.198 e. The Morgan fingerprint density at radius 3 is 2.73 bits per heavy atom. The average Bonchev–Trinajstić information content (AvgIpc) is 2.57. The van der Waals surface area contributed by atoms with Gasteiger partial charge in [0.2, 0.25) is 0 Å². The van der Waals surface area contributed by atoms with Gasteiger partial charge in [-0.3, -0.25) is 0 Å². The summed E-state index contributed by atoms with van der Waals surface area (Å²) in [6.07, 6.45) is 0. The first-order valence-electron chi connectivity index (χ1n) is 4.73. The Labute approximate surface area is 87.8 Å². The number of nitrogens with one attached hydrogen (secondary N) is 1. The molecule has 0 radical (unpaired) electrons. The number of anilines is 1. The van der Waals surface area contributed by atoms with E-state index in [0.717, 1.165) is 22.5 Å². The lowest BCUT2D eigenvalue weighted by Crippen LogP contribution is -1.90. The molecule has 0 aliphatic rings. The van der Waals surface area contributed by atoms with E-state index in [-0.39, 0.29) is 6.61 Å². The molecule has 0 unspecified atom stereocenters. The van der Waals surface area contributed by atoms with Crippen LogP contribution in [0.4, 0.5) is 5.95 Å². The van der Waals surface area contributed by atoms with Crippen molar-refractivity contribution in [2.45, 2.75) is 13.5 Å². The van der Waals surface area contributed by atoms with Crippen LogP contribution in [-0.2, 0) is 6.61 Å². The van der Waals surface area contributed by atoms with Gasteiger partial charge >= 0.3 is 0 Å². The van der Waals surface area contributed by atoms with Gasteiger partial charge in [-0.25, -0.2) is 4.98 Å². The third-order valence-electron chi connectivity index (χ3n) is 2.35. The van der Waals surface area contributed by atoms with E-state index in [9.17, 15) is 5.11 Å². The van der Waals surface area contributed by atoms with Crippen molar-refractivity contribution >= 4 is 5.95 Å². The quantitative estimate of drug-likeness (QED) is 0.691. The molecule has 78 valence electrons. The number of benzene rings is 1. The van der Waals surface area contributed by atoms with Gasteiger partial charge in [0.15, 0.2) is 5.95 Å². The Morgan fingerprint density at radius 2 is 2.13 bits per heavy atom. The molecule has 4 N–H and O–H groups in total. The van der Waals surface area contributed by atoms with Gasteiger partial charge in [-0.15, -0.1) is 0 Å². The number of rotatable bonds is 2. The summed E-state index contributed by atoms with van der Waals surface area (Å²) in [6.45, 7) is 1.91. The van der Waals surface area contributed by atoms with Crippen LogP contribution in [0, 0.1) is 6.92 Å². The molecule has 0 aliphatic carbocycles. The topological polar surface area (TPSA) is 74.9 Å². The van der Waals surface area contributed by atoms with Crippen LogP contribution < -0.4 is 5.73 Å². The van der Waals surface area contributed by atoms with Gasteiger partial charge in [-0.1, -0.05) is 24.3 Å². The first-order valence-corrected chi connectivity index (χ1v) is 4.73. The van der Waals surface area contributed by atoms with Gasteiger partial charge in [0.05, 0.1) is 12.3 Å². The Hall–Kier alpha value is -1.81. The number of aliphatic hydroxyl groups excluding tert-OH is 1. The lowest BCUT2D eigenvalue weighted by atomic mass is 10.0. The zero-order valence-electron chi connectivity index (χ0n) is 8.49. The van der Waals surface area contributed by atoms with Gasteiger partial charge in [-0.05, 0) is 12.5 Å². The van der Waals surface area contributed by atoms with Crippen LogP contribution in [0.5, 0.6) is 0 Å². The normalized spacial score (nSPS) is 10.5. The monoisotopic (exact) mass is 203 g/mol. The molecule has 1 aromatic carbocycles. The fourth-order valence-corrected chi connectivity index (χ4v) is 1.63. The molecule has 0 atom stereocenters. The zero-order valence-corrected chi connectivity index (χ0v) is 8.49. The maximum absolute atomic E-state index is 9.21. The molecular weight excluding hydrogens is 190 g/mol. The van der Waals surface area contributed by atoms with E-state index < -0.39 is 0 Å². The van der Waals surface area contributed by atoms with Crippen molar-refractivity contribution in [1.29, 1.82) is 0 Å². The minimum Gasteiger partial charge on any atom is -0.392 e. The van der Waals surface area contributed by atoms with E-state index in [2.05, 4.69) is 9.97 Å². The van der Waals surface area contributed by atoms with E-state index in [1.165, 1.54) is 0 Å². The van der Waals surface area contributed by atoms with E-state index >= 15 is 0 Å². The van der Waals surface area contributed by atoms with Crippen LogP contribution in [-0.4, -0.2) is 15.1 Å². The Kier molecular flexibility index (Phi) is 2.43. The standard InChI is InChI=1S/C11H13N3O/c1-7-10(14-11(12)13-7)9-5-3-2-4-8(9)6-15/h2-5,15H,6H2,1H3,(H3,12,13,14). The molecule has 4 heteroatoms. The summed E-state index contributed by atoms with van der Waals surface area (Å²) in [7, 11) is 0. The fraction of sp³-hybridized carbons (Fsp3) is 0.182. The Bertz CT molecular complexity index is 476. The molecule has 0 saturated heterocycles. The summed E-state index contributed by atoms with van der Waals surface area (Å²) >= 11 is 0. The average molecular weight is 203 g/mol. The van der Waals surface area contributed by atoms with Crippen LogP contribution in [0.1, 0.15) is 11.3 Å². The van der Waals surface area contributed by atoms with Crippen molar-refractivity contribution in [3.05, 3.63) is 35.5 Å². The molecule has 4 nitrogen and oxygen atoms in total. The third-order valence-corrected chi connectivity index (χ3v) is 2.35. The van der Waals surface area contributed by atoms with E-state index in [1.54, 1.807) is 0 Å². The van der Waals surface area contributed by atoms with E-state index in [4.69, 9.17) is 5.73 Å². The Morgan fingerprint density at radius 1 is 1.40 bits per heavy atom. The number of nitrogens with zero attached hydrogens (tertiary/aromatic N) is 1. The van der Waals surface area contributed by atoms with Gasteiger partial charge in [0.1, 0.15) is 0 Å². The highest BCUT2D eigenvalue weighted by atomic mass is 16.3. The number of imidazole rings is 1. The van der Waals surface area contributed by atoms with Crippen LogP contribution >= 0.6 is 0 Å². The third kappa shape index (κ3) is 1.71. The van der Waals surface area contributed by atoms with Crippen molar-refractivity contribution < 1.29 is 5.11 Å². The van der Waals surface area contributed by atoms with Gasteiger partial charge in [0.25, 0.3) is 0 Å². The van der Waals surface area contributed by atoms with Crippen molar-refractivity contribution in [2.75, 3.05) is 5.73 Å². The van der Waals surface area contributed by atoms with Gasteiger partial charge in [0, 0.05) is 11.3 Å². The lowest BCUT2D eigenvalue weighted by molar-refractivity contribution is 0.282. The molecule has 0 aliphatic heterocycles. The van der Waals surface area contributed by atoms with Crippen molar-refractivity contribution in [3.63, 3.8) is 0 Å². The van der Waals surface area contributed by atoms with Crippen LogP contribution in [0.25, 0.3) is 11.3 Å². The van der Waals surface area contributed by atoms with Gasteiger partial charge in [-0.2, -0.15) is 0 Å². The number of aliphatic hydroxyl groups is 1. The summed E-state index contributed by atoms with van der Waals surface area (Å²) in [5.41, 5.74) is 9.07. The van der Waals surface area contributed by atoms with Crippen LogP contribution in [0.3, 0.4) is 0 Å². The highest BCUT2D eigenvalue weighted by Gasteiger charge is 2.10. The van der Waals surface area contributed by atoms with Crippen molar-refractivity contribution in [3.8, 4) is 11.3 Å². The second-order valence-electron chi connectivity index (χ2n) is 3.41. The predicted molar refractivity (Wildman–Crippen MR) is 59.1 cm³/mol. The van der Waals surface area contributed by atoms with E-state index in [0.29, 0.717) is 5.95 Å². The maximum atomic E-state index is 9.21. The minimum absolute atomic E-state index is 0.00236. The molecule has 0 saturated carbocycles. The number of aromatic nitrogens is 2. The number of hydrogen-bond donors (Lipinski definition) is 3. The highest BCUT2D eigenvalue weighted by Crippen LogP contribution is 2.25. The second kappa shape index (κ2) is 3.74. The largest absolute Gasteiger partial charge is 0.392 e. The molecule has 0 amide bonds. The molecule has 1 heterocycles. The second-order valence-corrected chi connectivity index (χ2v) is 3.41. The molecule has 0 bridgehead atoms. The summed E-state index contributed by atoms with van der Waals surface area (Å²) < 4.78 is 0. The summed E-state index contributed by atoms with van der Waals surface area (Å²) in [5, 5.41) is 9.21. The SMILES string of the molecule is Cc1[nH]c(N)nc1-c1ccccc1CO. The summed E-state index contributed by atoms with van der Waals surface area (Å²) in [6, 6.07) is 7.60. The molecule has 15 heavy (non-hydrogen) atoms. The summed E-state index contributed by atoms with van der Waals surface area (Å²) in [4.78, 5) is 7.14. The maximum Gasteiger partial charge on any atom is 0.198 e. The molecule has 2 rings (SSSR count). The number of nitrogen functional groups attached to an aromatic ring is 1. The highest BCUT2D eigenvalue weighted by molar-refractivity contribution is 5.67. The number of nitrogens with two attached hydrogens (primary N) is 1. The molecule has 0 spiro atoms. The summed E-state index contributed by atoms with van der Waals surface area (Å²) in [5.74, 6) is 0.398. The zero-order chi connectivity index (χ0) is 10.8. The molecule has 2 aromatic rings. The molecular formula is C11H13N3O. The van der Waals surface area contributed by atoms with Crippen LogP contribution in [0.2, 0.25) is 0 Å². The first-order chi connectivity index (χ1) is 7.22. The number of hydrogen-bond acceptors (Lipinski definition) is 3.